The summed E-state index contributed by atoms with van der Waals surface area (Å²) >= 11 is 0. The molecule has 0 saturated heterocycles. The fourth-order valence-electron chi connectivity index (χ4n) is 4.25. The number of aliphatic hydroxyl groups excluding tert-OH is 1. The second-order valence-electron chi connectivity index (χ2n) is 8.81. The smallest absolute Gasteiger partial charge is 0.240 e. The Morgan fingerprint density at radius 2 is 1.92 bits per heavy atom. The zero-order valence-electron chi connectivity index (χ0n) is 19.9. The van der Waals surface area contributed by atoms with Gasteiger partial charge in [-0.15, -0.1) is 0 Å². The van der Waals surface area contributed by atoms with Crippen LogP contribution in [0.4, 0.5) is 17.5 Å². The van der Waals surface area contributed by atoms with E-state index in [1.807, 2.05) is 11.5 Å². The van der Waals surface area contributed by atoms with Crippen LogP contribution in [0.15, 0.2) is 58.3 Å². The van der Waals surface area contributed by atoms with Crippen molar-refractivity contribution in [1.29, 1.82) is 0 Å². The minimum absolute atomic E-state index is 0.00287. The van der Waals surface area contributed by atoms with E-state index in [0.29, 0.717) is 40.9 Å². The molecule has 0 atom stereocenters. The maximum atomic E-state index is 12.5. The highest BCUT2D eigenvalue weighted by Gasteiger charge is 2.22. The Morgan fingerprint density at radius 1 is 1.14 bits per heavy atom. The molecule has 4 N–H and O–H groups in total. The van der Waals surface area contributed by atoms with Gasteiger partial charge in [-0.1, -0.05) is 18.2 Å². The van der Waals surface area contributed by atoms with Crippen LogP contribution < -0.4 is 15.4 Å². The first-order valence-corrected chi connectivity index (χ1v) is 13.5. The van der Waals surface area contributed by atoms with Crippen molar-refractivity contribution >= 4 is 38.6 Å². The molecule has 0 spiro atoms. The molecular weight excluding hydrogens is 482 g/mol. The normalized spacial score (nSPS) is 18.4. The van der Waals surface area contributed by atoms with Crippen LogP contribution in [0.3, 0.4) is 0 Å². The lowest BCUT2D eigenvalue weighted by Gasteiger charge is -2.26. The first-order chi connectivity index (χ1) is 17.4. The van der Waals surface area contributed by atoms with Crippen LogP contribution in [-0.2, 0) is 23.1 Å². The number of aromatic nitrogens is 4. The number of sulfonamides is 1. The van der Waals surface area contributed by atoms with Gasteiger partial charge in [-0.3, -0.25) is 0 Å². The molecule has 5 rings (SSSR count). The van der Waals surface area contributed by atoms with Gasteiger partial charge in [0.25, 0.3) is 0 Å². The number of nitrogens with one attached hydrogen (secondary N) is 3. The Labute approximate surface area is 209 Å². The Bertz CT molecular complexity index is 1430. The van der Waals surface area contributed by atoms with E-state index in [2.05, 4.69) is 30.3 Å². The molecule has 1 saturated carbocycles. The zero-order chi connectivity index (χ0) is 25.1. The molecule has 3 heterocycles. The largest absolute Gasteiger partial charge is 0.466 e. The Kier molecular flexibility index (Phi) is 6.90. The molecule has 3 aromatic heterocycles. The number of fused-ring (bicyclic) bond motifs is 1. The number of rotatable bonds is 9. The second kappa shape index (κ2) is 10.2. The predicted octanol–water partition coefficient (Wildman–Crippen LogP) is 3.38. The van der Waals surface area contributed by atoms with E-state index in [9.17, 15) is 13.5 Å². The third kappa shape index (κ3) is 5.35. The van der Waals surface area contributed by atoms with Crippen molar-refractivity contribution in [3.8, 4) is 0 Å². The van der Waals surface area contributed by atoms with E-state index in [1.54, 1.807) is 30.6 Å². The van der Waals surface area contributed by atoms with Crippen LogP contribution >= 0.6 is 0 Å². The van der Waals surface area contributed by atoms with E-state index in [4.69, 9.17) is 4.42 Å². The molecule has 1 aromatic carbocycles. The standard InChI is InChI=1S/C24H29N7O4S/c1-2-31-15-25-21-22(29-24(30-23(21)31)28-16-8-10-18(32)11-9-16)27-17-12-19(35-14-17)13-26-36(33,34)20-6-4-3-5-7-20/h3-7,12,14-16,18,26,32H,2,8-11,13H2,1H3,(H2,27,28,29,30). The van der Waals surface area contributed by atoms with Crippen LogP contribution in [-0.4, -0.2) is 45.2 Å². The van der Waals surface area contributed by atoms with E-state index in [1.165, 1.54) is 18.4 Å². The van der Waals surface area contributed by atoms with Crippen LogP contribution in [0.5, 0.6) is 0 Å². The summed E-state index contributed by atoms with van der Waals surface area (Å²) < 4.78 is 35.0. The zero-order valence-corrected chi connectivity index (χ0v) is 20.7. The summed E-state index contributed by atoms with van der Waals surface area (Å²) in [6.07, 6.45) is 6.20. The molecule has 0 amide bonds. The lowest BCUT2D eigenvalue weighted by molar-refractivity contribution is 0.126. The quantitative estimate of drug-likeness (QED) is 0.265. The molecule has 0 radical (unpaired) electrons. The average molecular weight is 512 g/mol. The minimum atomic E-state index is -3.65. The van der Waals surface area contributed by atoms with Gasteiger partial charge in [-0.25, -0.2) is 18.1 Å². The van der Waals surface area contributed by atoms with Gasteiger partial charge >= 0.3 is 0 Å². The fraction of sp³-hybridized carbons (Fsp3) is 0.375. The van der Waals surface area contributed by atoms with Crippen LogP contribution in [0.2, 0.25) is 0 Å². The fourth-order valence-corrected chi connectivity index (χ4v) is 5.27. The van der Waals surface area contributed by atoms with E-state index in [-0.39, 0.29) is 23.6 Å². The van der Waals surface area contributed by atoms with Crippen molar-refractivity contribution in [3.63, 3.8) is 0 Å². The SMILES string of the molecule is CCn1cnc2c(Nc3coc(CNS(=O)(=O)c4ccccc4)c3)nc(NC3CCC(O)CC3)nc21. The maximum Gasteiger partial charge on any atom is 0.240 e. The average Bonchev–Trinajstić information content (AvgIpc) is 3.51. The molecule has 1 aliphatic carbocycles. The van der Waals surface area contributed by atoms with Crippen molar-refractivity contribution in [1.82, 2.24) is 24.2 Å². The predicted molar refractivity (Wildman–Crippen MR) is 135 cm³/mol. The van der Waals surface area contributed by atoms with Gasteiger partial charge in [0.2, 0.25) is 16.0 Å². The lowest BCUT2D eigenvalue weighted by atomic mass is 9.93. The van der Waals surface area contributed by atoms with Gasteiger partial charge in [-0.2, -0.15) is 9.97 Å². The third-order valence-corrected chi connectivity index (χ3v) is 7.66. The molecule has 0 bridgehead atoms. The molecule has 190 valence electrons. The Morgan fingerprint density at radius 3 is 2.67 bits per heavy atom. The van der Waals surface area contributed by atoms with Gasteiger partial charge < -0.3 is 24.7 Å². The first-order valence-electron chi connectivity index (χ1n) is 12.0. The van der Waals surface area contributed by atoms with Gasteiger partial charge in [0.15, 0.2) is 17.0 Å². The van der Waals surface area contributed by atoms with Crippen molar-refractivity contribution in [3.05, 3.63) is 54.7 Å². The number of aryl methyl sites for hydroxylation is 1. The van der Waals surface area contributed by atoms with Crippen molar-refractivity contribution in [2.45, 2.75) is 62.7 Å². The van der Waals surface area contributed by atoms with E-state index >= 15 is 0 Å². The molecular formula is C24H29N7O4S. The van der Waals surface area contributed by atoms with Gasteiger partial charge in [0.05, 0.1) is 29.6 Å². The number of hydrogen-bond acceptors (Lipinski definition) is 9. The number of anilines is 3. The summed E-state index contributed by atoms with van der Waals surface area (Å²) in [5.41, 5.74) is 1.93. The van der Waals surface area contributed by atoms with E-state index in [0.717, 1.165) is 25.7 Å². The number of hydrogen-bond donors (Lipinski definition) is 4. The van der Waals surface area contributed by atoms with Gasteiger partial charge in [-0.05, 0) is 44.7 Å². The van der Waals surface area contributed by atoms with Crippen molar-refractivity contribution in [2.24, 2.45) is 0 Å². The van der Waals surface area contributed by atoms with Crippen LogP contribution in [0.25, 0.3) is 11.2 Å². The molecule has 0 unspecified atom stereocenters. The molecule has 1 aliphatic rings. The molecule has 11 nitrogen and oxygen atoms in total. The molecule has 1 fully saturated rings. The van der Waals surface area contributed by atoms with Crippen LogP contribution in [0, 0.1) is 0 Å². The number of imidazole rings is 1. The van der Waals surface area contributed by atoms with E-state index < -0.39 is 10.0 Å². The summed E-state index contributed by atoms with van der Waals surface area (Å²) in [6, 6.07) is 10.1. The highest BCUT2D eigenvalue weighted by molar-refractivity contribution is 7.89. The summed E-state index contributed by atoms with van der Waals surface area (Å²) in [5, 5.41) is 16.4. The minimum Gasteiger partial charge on any atom is -0.466 e. The van der Waals surface area contributed by atoms with Gasteiger partial charge in [0, 0.05) is 18.7 Å². The molecule has 36 heavy (non-hydrogen) atoms. The summed E-state index contributed by atoms with van der Waals surface area (Å²) in [7, 11) is -3.65. The first kappa shape index (κ1) is 24.2. The monoisotopic (exact) mass is 511 g/mol. The third-order valence-electron chi connectivity index (χ3n) is 6.24. The van der Waals surface area contributed by atoms with Crippen molar-refractivity contribution in [2.75, 3.05) is 10.6 Å². The summed E-state index contributed by atoms with van der Waals surface area (Å²) in [4.78, 5) is 14.0. The number of nitrogens with zero attached hydrogens (tertiary/aromatic N) is 4. The van der Waals surface area contributed by atoms with Crippen LogP contribution in [0.1, 0.15) is 38.4 Å². The van der Waals surface area contributed by atoms with Gasteiger partial charge in [0.1, 0.15) is 12.0 Å². The topological polar surface area (TPSA) is 147 Å². The number of furan rings is 1. The maximum absolute atomic E-state index is 12.5. The second-order valence-corrected chi connectivity index (χ2v) is 10.6. The highest BCUT2D eigenvalue weighted by Crippen LogP contribution is 2.27. The van der Waals surface area contributed by atoms with Crippen molar-refractivity contribution < 1.29 is 17.9 Å². The summed E-state index contributed by atoms with van der Waals surface area (Å²) in [5.74, 6) is 1.45. The molecule has 0 aliphatic heterocycles. The molecule has 4 aromatic rings. The Hall–Kier alpha value is -3.48. The molecule has 12 heteroatoms. The summed E-state index contributed by atoms with van der Waals surface area (Å²) in [6.45, 7) is 2.73. The highest BCUT2D eigenvalue weighted by atomic mass is 32.2. The Balaban J connectivity index is 1.33. The number of benzene rings is 1. The lowest BCUT2D eigenvalue weighted by Crippen LogP contribution is -2.29. The number of aliphatic hydroxyl groups is 1.